The van der Waals surface area contributed by atoms with Crippen LogP contribution in [0.25, 0.3) is 0 Å². The van der Waals surface area contributed by atoms with Crippen molar-refractivity contribution in [3.8, 4) is 0 Å². The fraction of sp³-hybridized carbons (Fsp3) is 0.577. The van der Waals surface area contributed by atoms with Crippen LogP contribution in [0.2, 0.25) is 0 Å². The Kier molecular flexibility index (Phi) is 8.05. The number of aliphatic hydroxyl groups excluding tert-OH is 3. The number of unbranched alkanes of at least 4 members (excludes halogenated alkanes) is 3. The third-order valence-electron chi connectivity index (χ3n) is 7.38. The highest BCUT2D eigenvalue weighted by Gasteiger charge is 2.51. The fourth-order valence-corrected chi connectivity index (χ4v) is 5.48. The smallest absolute Gasteiger partial charge is 0.345 e. The second-order valence-electron chi connectivity index (χ2n) is 9.80. The standard InChI is InChI=1S/C26H30O11/c1-2-3-4-5-7-15(27)20-18-13(23(31)36-25(18)33)10-12(21(29)16-8-6-9-17(28)35-16)11-14-19(22(20)30)26(34)37-24(14)32/h6,9,12,15-16,20-22,27,29-30H,2-5,7-8,10-11H2,1H3/t12-,15-,16+,20+,21-,22-/m0/s1. The van der Waals surface area contributed by atoms with Gasteiger partial charge in [0, 0.05) is 24.0 Å². The Morgan fingerprint density at radius 3 is 2.14 bits per heavy atom. The summed E-state index contributed by atoms with van der Waals surface area (Å²) in [6.07, 6.45) is 0.0132. The zero-order valence-corrected chi connectivity index (χ0v) is 20.4. The first-order valence-corrected chi connectivity index (χ1v) is 12.5. The summed E-state index contributed by atoms with van der Waals surface area (Å²) in [5.74, 6) is -7.33. The van der Waals surface area contributed by atoms with Crippen molar-refractivity contribution >= 4 is 29.8 Å². The monoisotopic (exact) mass is 518 g/mol. The molecule has 4 rings (SSSR count). The van der Waals surface area contributed by atoms with Gasteiger partial charge in [-0.2, -0.15) is 0 Å². The molecule has 0 bridgehead atoms. The van der Waals surface area contributed by atoms with Crippen LogP contribution in [0.3, 0.4) is 0 Å². The number of ether oxygens (including phenoxy) is 3. The second-order valence-corrected chi connectivity index (χ2v) is 9.80. The molecule has 6 atom stereocenters. The third kappa shape index (κ3) is 5.29. The van der Waals surface area contributed by atoms with Gasteiger partial charge in [-0.25, -0.2) is 24.0 Å². The number of hydrogen-bond donors (Lipinski definition) is 3. The highest BCUT2D eigenvalue weighted by Crippen LogP contribution is 2.43. The molecule has 37 heavy (non-hydrogen) atoms. The number of carbonyl (C=O) groups excluding carboxylic acids is 5. The van der Waals surface area contributed by atoms with E-state index < -0.39 is 71.7 Å². The summed E-state index contributed by atoms with van der Waals surface area (Å²) in [5, 5.41) is 33.6. The number of esters is 5. The molecule has 0 saturated heterocycles. The van der Waals surface area contributed by atoms with E-state index in [1.54, 1.807) is 0 Å². The fourth-order valence-electron chi connectivity index (χ4n) is 5.48. The van der Waals surface area contributed by atoms with Crippen LogP contribution >= 0.6 is 0 Å². The summed E-state index contributed by atoms with van der Waals surface area (Å²) in [4.78, 5) is 62.6. The molecular weight excluding hydrogens is 488 g/mol. The molecule has 0 unspecified atom stereocenters. The van der Waals surface area contributed by atoms with Crippen LogP contribution in [-0.2, 0) is 38.2 Å². The summed E-state index contributed by atoms with van der Waals surface area (Å²) in [5.41, 5.74) is -1.10. The van der Waals surface area contributed by atoms with E-state index in [1.165, 1.54) is 12.2 Å². The van der Waals surface area contributed by atoms with E-state index >= 15 is 0 Å². The quantitative estimate of drug-likeness (QED) is 0.179. The summed E-state index contributed by atoms with van der Waals surface area (Å²) in [6, 6.07) is 0. The van der Waals surface area contributed by atoms with Crippen LogP contribution < -0.4 is 0 Å². The first-order valence-electron chi connectivity index (χ1n) is 12.5. The van der Waals surface area contributed by atoms with Gasteiger partial charge in [0.2, 0.25) is 0 Å². The van der Waals surface area contributed by atoms with E-state index in [0.29, 0.717) is 6.42 Å². The highest BCUT2D eigenvalue weighted by atomic mass is 16.6. The van der Waals surface area contributed by atoms with Gasteiger partial charge in [0.25, 0.3) is 0 Å². The van der Waals surface area contributed by atoms with Gasteiger partial charge in [-0.3, -0.25) is 0 Å². The van der Waals surface area contributed by atoms with Crippen molar-refractivity contribution in [3.05, 3.63) is 34.4 Å². The lowest BCUT2D eigenvalue weighted by molar-refractivity contribution is -0.154. The van der Waals surface area contributed by atoms with Crippen LogP contribution in [0.15, 0.2) is 34.4 Å². The van der Waals surface area contributed by atoms with Crippen LogP contribution in [0.1, 0.15) is 58.3 Å². The van der Waals surface area contributed by atoms with Crippen molar-refractivity contribution in [2.45, 2.75) is 82.7 Å². The lowest BCUT2D eigenvalue weighted by Gasteiger charge is -2.30. The van der Waals surface area contributed by atoms with Crippen LogP contribution in [0.4, 0.5) is 0 Å². The van der Waals surface area contributed by atoms with Crippen LogP contribution in [0.5, 0.6) is 0 Å². The molecule has 4 aliphatic rings. The minimum atomic E-state index is -1.84. The Morgan fingerprint density at radius 1 is 0.892 bits per heavy atom. The molecule has 1 aliphatic carbocycles. The van der Waals surface area contributed by atoms with Gasteiger partial charge in [0.05, 0.1) is 35.0 Å². The molecule has 11 nitrogen and oxygen atoms in total. The molecule has 3 heterocycles. The molecule has 0 fully saturated rings. The first kappa shape index (κ1) is 26.9. The maximum atomic E-state index is 12.8. The number of rotatable bonds is 8. The van der Waals surface area contributed by atoms with E-state index in [-0.39, 0.29) is 42.4 Å². The summed E-state index contributed by atoms with van der Waals surface area (Å²) < 4.78 is 14.8. The van der Waals surface area contributed by atoms with Crippen LogP contribution in [0, 0.1) is 11.8 Å². The topological polar surface area (TPSA) is 174 Å². The van der Waals surface area contributed by atoms with Crippen molar-refractivity contribution in [2.75, 3.05) is 0 Å². The molecule has 0 saturated carbocycles. The molecule has 0 aromatic carbocycles. The van der Waals surface area contributed by atoms with Gasteiger partial charge >= 0.3 is 29.8 Å². The molecule has 0 amide bonds. The molecule has 3 N–H and O–H groups in total. The average Bonchev–Trinajstić information content (AvgIpc) is 3.30. The maximum Gasteiger partial charge on any atom is 0.345 e. The number of aliphatic hydroxyl groups is 3. The zero-order chi connectivity index (χ0) is 26.9. The Balaban J connectivity index is 1.78. The largest absolute Gasteiger partial charge is 0.456 e. The number of carbonyl (C=O) groups is 5. The van der Waals surface area contributed by atoms with Crippen molar-refractivity contribution in [2.24, 2.45) is 11.8 Å². The molecule has 11 heteroatoms. The normalized spacial score (nSPS) is 29.7. The summed E-state index contributed by atoms with van der Waals surface area (Å²) >= 11 is 0. The van der Waals surface area contributed by atoms with Crippen molar-refractivity contribution in [1.29, 1.82) is 0 Å². The van der Waals surface area contributed by atoms with Gasteiger partial charge < -0.3 is 29.5 Å². The predicted octanol–water partition coefficient (Wildman–Crippen LogP) is 0.697. The summed E-state index contributed by atoms with van der Waals surface area (Å²) in [6.45, 7) is 2.02. The van der Waals surface area contributed by atoms with Gasteiger partial charge in [0.15, 0.2) is 0 Å². The highest BCUT2D eigenvalue weighted by molar-refractivity contribution is 6.15. The molecule has 0 aromatic rings. The van der Waals surface area contributed by atoms with Crippen molar-refractivity contribution in [3.63, 3.8) is 0 Å². The summed E-state index contributed by atoms with van der Waals surface area (Å²) in [7, 11) is 0. The average molecular weight is 519 g/mol. The Labute approximate surface area is 212 Å². The lowest BCUT2D eigenvalue weighted by atomic mass is 9.80. The van der Waals surface area contributed by atoms with E-state index in [1.807, 2.05) is 6.92 Å². The molecule has 200 valence electrons. The lowest BCUT2D eigenvalue weighted by Crippen LogP contribution is -2.39. The Morgan fingerprint density at radius 2 is 1.51 bits per heavy atom. The van der Waals surface area contributed by atoms with Gasteiger partial charge in [0.1, 0.15) is 6.10 Å². The van der Waals surface area contributed by atoms with E-state index in [9.17, 15) is 39.3 Å². The Hall–Kier alpha value is -3.15. The molecule has 0 spiro atoms. The molecular formula is C26H30O11. The predicted molar refractivity (Wildman–Crippen MR) is 123 cm³/mol. The Bertz CT molecular complexity index is 1100. The number of hydrogen-bond acceptors (Lipinski definition) is 11. The minimum absolute atomic E-state index is 0.155. The second kappa shape index (κ2) is 11.1. The van der Waals surface area contributed by atoms with E-state index in [2.05, 4.69) is 0 Å². The minimum Gasteiger partial charge on any atom is -0.456 e. The van der Waals surface area contributed by atoms with Gasteiger partial charge in [-0.05, 0) is 25.2 Å². The molecule has 0 aromatic heterocycles. The van der Waals surface area contributed by atoms with E-state index in [0.717, 1.165) is 19.3 Å². The zero-order valence-electron chi connectivity index (χ0n) is 20.4. The SMILES string of the molecule is CCCCCC[C@H](O)[C@@H]1C2=C(C[C@H]([C@H](O)[C@H]3CC=CC(=O)O3)CC3=C(C(=O)OC3=O)[C@@H]1O)C(=O)OC2=O. The van der Waals surface area contributed by atoms with Crippen molar-refractivity contribution in [1.82, 2.24) is 0 Å². The first-order chi connectivity index (χ1) is 17.6. The maximum absolute atomic E-state index is 12.8. The van der Waals surface area contributed by atoms with Crippen molar-refractivity contribution < 1.29 is 53.5 Å². The van der Waals surface area contributed by atoms with Gasteiger partial charge in [-0.1, -0.05) is 38.7 Å². The molecule has 3 aliphatic heterocycles. The van der Waals surface area contributed by atoms with Gasteiger partial charge in [-0.15, -0.1) is 0 Å². The van der Waals surface area contributed by atoms with Crippen LogP contribution in [-0.4, -0.2) is 69.6 Å². The number of cyclic esters (lactones) is 5. The van der Waals surface area contributed by atoms with E-state index in [4.69, 9.17) is 14.2 Å². The third-order valence-corrected chi connectivity index (χ3v) is 7.38. The molecule has 0 radical (unpaired) electrons.